The van der Waals surface area contributed by atoms with Gasteiger partial charge < -0.3 is 9.32 Å². The van der Waals surface area contributed by atoms with Gasteiger partial charge in [0, 0.05) is 29.9 Å². The minimum atomic E-state index is -0.535. The fraction of sp³-hybridized carbons (Fsp3) is 0.308. The van der Waals surface area contributed by atoms with Gasteiger partial charge in [0.25, 0.3) is 0 Å². The van der Waals surface area contributed by atoms with E-state index in [2.05, 4.69) is 0 Å². The van der Waals surface area contributed by atoms with Crippen molar-refractivity contribution in [2.75, 3.05) is 13.8 Å². The maximum atomic E-state index is 12.5. The molecule has 0 fully saturated rings. The Morgan fingerprint density at radius 2 is 2.24 bits per heavy atom. The molecule has 1 aromatic rings. The summed E-state index contributed by atoms with van der Waals surface area (Å²) in [6, 6.07) is 1.78. The van der Waals surface area contributed by atoms with Crippen LogP contribution in [-0.2, 0) is 0 Å². The maximum absolute atomic E-state index is 12.5. The van der Waals surface area contributed by atoms with Crippen molar-refractivity contribution in [3.05, 3.63) is 44.5 Å². The van der Waals surface area contributed by atoms with Crippen molar-refractivity contribution in [3.8, 4) is 0 Å². The second-order valence-electron chi connectivity index (χ2n) is 4.09. The largest absolute Gasteiger partial charge is 0.423 e. The van der Waals surface area contributed by atoms with Gasteiger partial charge in [0.15, 0.2) is 6.80 Å². The molecule has 0 aliphatic heterocycles. The minimum Gasteiger partial charge on any atom is -0.423 e. The van der Waals surface area contributed by atoms with Gasteiger partial charge in [-0.1, -0.05) is 0 Å². The summed E-state index contributed by atoms with van der Waals surface area (Å²) >= 11 is 0. The van der Waals surface area contributed by atoms with Crippen molar-refractivity contribution >= 4 is 12.2 Å². The molecule has 0 atom stereocenters. The van der Waals surface area contributed by atoms with Crippen molar-refractivity contribution < 1.29 is 8.81 Å². The average molecular weight is 235 g/mol. The Balaban J connectivity index is 2.54. The number of alkyl halides is 1. The van der Waals surface area contributed by atoms with Gasteiger partial charge in [-0.2, -0.15) is 0 Å². The maximum Gasteiger partial charge on any atom is 0.339 e. The lowest BCUT2D eigenvalue weighted by molar-refractivity contribution is 0.271. The molecule has 90 valence electrons. The molecule has 0 aromatic carbocycles. The van der Waals surface area contributed by atoms with Crippen LogP contribution in [0.1, 0.15) is 12.0 Å². The molecule has 2 rings (SSSR count). The van der Waals surface area contributed by atoms with Crippen LogP contribution >= 0.6 is 0 Å². The van der Waals surface area contributed by atoms with Gasteiger partial charge in [-0.25, -0.2) is 9.18 Å². The second kappa shape index (κ2) is 4.57. The van der Waals surface area contributed by atoms with Crippen LogP contribution in [-0.4, -0.2) is 18.7 Å². The summed E-state index contributed by atoms with van der Waals surface area (Å²) in [7, 11) is 1.69. The predicted octanol–water partition coefficient (Wildman–Crippen LogP) is 0.656. The molecular weight excluding hydrogens is 221 g/mol. The highest BCUT2D eigenvalue weighted by Gasteiger charge is 2.05. The predicted molar refractivity (Wildman–Crippen MR) is 64.3 cm³/mol. The van der Waals surface area contributed by atoms with Crippen LogP contribution in [0, 0.1) is 6.92 Å². The lowest BCUT2D eigenvalue weighted by atomic mass is 10.2. The SMILES string of the molecule is Cc1cc2c(oc1=O)=CCC(N(C)CF)=CC=2. The van der Waals surface area contributed by atoms with Gasteiger partial charge in [0.1, 0.15) is 5.42 Å². The van der Waals surface area contributed by atoms with Crippen molar-refractivity contribution in [1.82, 2.24) is 4.90 Å². The zero-order valence-corrected chi connectivity index (χ0v) is 9.87. The van der Waals surface area contributed by atoms with Gasteiger partial charge in [0.05, 0.1) is 0 Å². The summed E-state index contributed by atoms with van der Waals surface area (Å²) in [5.74, 6) is 0. The molecule has 4 heteroatoms. The lowest BCUT2D eigenvalue weighted by Gasteiger charge is -2.16. The summed E-state index contributed by atoms with van der Waals surface area (Å²) < 4.78 is 17.7. The number of hydrogen-bond acceptors (Lipinski definition) is 3. The van der Waals surface area contributed by atoms with E-state index in [0.717, 1.165) is 10.9 Å². The Hall–Kier alpha value is -1.84. The third kappa shape index (κ3) is 2.30. The summed E-state index contributed by atoms with van der Waals surface area (Å²) in [5, 5.41) is 0.851. The van der Waals surface area contributed by atoms with Crippen LogP contribution in [0.25, 0.3) is 12.2 Å². The highest BCUT2D eigenvalue weighted by atomic mass is 19.1. The van der Waals surface area contributed by atoms with E-state index in [0.29, 0.717) is 17.4 Å². The Morgan fingerprint density at radius 3 is 2.94 bits per heavy atom. The Morgan fingerprint density at radius 1 is 1.47 bits per heavy atom. The van der Waals surface area contributed by atoms with E-state index in [1.165, 1.54) is 4.90 Å². The zero-order valence-electron chi connectivity index (χ0n) is 9.87. The molecule has 1 aliphatic rings. The second-order valence-corrected chi connectivity index (χ2v) is 4.09. The smallest absolute Gasteiger partial charge is 0.339 e. The van der Waals surface area contributed by atoms with Crippen molar-refractivity contribution in [1.29, 1.82) is 0 Å². The molecular formula is C13H14FNO2. The summed E-state index contributed by atoms with van der Waals surface area (Å²) in [6.45, 7) is 1.18. The summed E-state index contributed by atoms with van der Waals surface area (Å²) in [4.78, 5) is 12.9. The topological polar surface area (TPSA) is 33.5 Å². The van der Waals surface area contributed by atoms with E-state index in [1.807, 2.05) is 12.2 Å². The standard InChI is InChI=1S/C13H14FNO2/c1-9-7-10-3-4-11(15(2)8-14)5-6-12(10)17-13(9)16/h3-4,6-7H,5,8H2,1-2H3. The Labute approximate surface area is 98.2 Å². The first-order valence-corrected chi connectivity index (χ1v) is 5.41. The third-order valence-corrected chi connectivity index (χ3v) is 2.80. The number of hydrogen-bond donors (Lipinski definition) is 0. The number of aryl methyl sites for hydroxylation is 1. The van der Waals surface area contributed by atoms with E-state index < -0.39 is 6.80 Å². The molecule has 1 aliphatic carbocycles. The normalized spacial score (nSPS) is 13.9. The van der Waals surface area contributed by atoms with E-state index in [4.69, 9.17) is 4.42 Å². The molecule has 3 nitrogen and oxygen atoms in total. The lowest BCUT2D eigenvalue weighted by Crippen LogP contribution is -2.29. The molecule has 17 heavy (non-hydrogen) atoms. The first-order chi connectivity index (χ1) is 8.11. The average Bonchev–Trinajstić information content (AvgIpc) is 2.52. The quantitative estimate of drug-likeness (QED) is 0.706. The van der Waals surface area contributed by atoms with Gasteiger partial charge in [-0.3, -0.25) is 0 Å². The molecule has 0 saturated carbocycles. The van der Waals surface area contributed by atoms with E-state index in [9.17, 15) is 9.18 Å². The van der Waals surface area contributed by atoms with Crippen LogP contribution in [0.15, 0.2) is 27.1 Å². The van der Waals surface area contributed by atoms with E-state index in [-0.39, 0.29) is 5.63 Å². The number of fused-ring (bicyclic) bond motifs is 1. The van der Waals surface area contributed by atoms with Gasteiger partial charge in [0.2, 0.25) is 0 Å². The monoisotopic (exact) mass is 235 g/mol. The highest BCUT2D eigenvalue weighted by Crippen LogP contribution is 2.08. The molecule has 1 heterocycles. The van der Waals surface area contributed by atoms with Crippen molar-refractivity contribution in [3.63, 3.8) is 0 Å². The van der Waals surface area contributed by atoms with E-state index in [1.54, 1.807) is 26.1 Å². The van der Waals surface area contributed by atoms with E-state index >= 15 is 0 Å². The molecule has 0 unspecified atom stereocenters. The Kier molecular flexibility index (Phi) is 3.13. The Bertz CT molecular complexity index is 628. The highest BCUT2D eigenvalue weighted by molar-refractivity contribution is 5.45. The van der Waals surface area contributed by atoms with Crippen molar-refractivity contribution in [2.45, 2.75) is 13.3 Å². The van der Waals surface area contributed by atoms with Crippen LogP contribution in [0.4, 0.5) is 4.39 Å². The molecule has 1 aromatic heterocycles. The van der Waals surface area contributed by atoms with Crippen LogP contribution in [0.3, 0.4) is 0 Å². The summed E-state index contributed by atoms with van der Waals surface area (Å²) in [6.07, 6.45) is 6.05. The van der Waals surface area contributed by atoms with Gasteiger partial charge in [-0.15, -0.1) is 0 Å². The molecule has 0 radical (unpaired) electrons. The van der Waals surface area contributed by atoms with Crippen LogP contribution < -0.4 is 16.3 Å². The summed E-state index contributed by atoms with van der Waals surface area (Å²) in [5.41, 5.74) is 1.66. The molecule has 0 spiro atoms. The van der Waals surface area contributed by atoms with Gasteiger partial charge in [-0.05, 0) is 31.2 Å². The fourth-order valence-corrected chi connectivity index (χ4v) is 1.70. The van der Waals surface area contributed by atoms with Crippen LogP contribution in [0.2, 0.25) is 0 Å². The first kappa shape index (κ1) is 11.6. The fourth-order valence-electron chi connectivity index (χ4n) is 1.70. The number of nitrogens with zero attached hydrogens (tertiary/aromatic N) is 1. The molecule has 0 amide bonds. The molecule has 0 N–H and O–H groups in total. The first-order valence-electron chi connectivity index (χ1n) is 5.41. The third-order valence-electron chi connectivity index (χ3n) is 2.80. The number of halogens is 1. The number of rotatable bonds is 2. The van der Waals surface area contributed by atoms with Gasteiger partial charge >= 0.3 is 5.63 Å². The molecule has 0 bridgehead atoms. The van der Waals surface area contributed by atoms with Crippen LogP contribution in [0.5, 0.6) is 0 Å². The zero-order chi connectivity index (χ0) is 12.4. The minimum absolute atomic E-state index is 0.323. The van der Waals surface area contributed by atoms with Crippen molar-refractivity contribution in [2.24, 2.45) is 0 Å². The number of allylic oxidation sites excluding steroid dienone is 2. The molecule has 0 saturated heterocycles.